The summed E-state index contributed by atoms with van der Waals surface area (Å²) in [6.45, 7) is 4.25. The Bertz CT molecular complexity index is 1690. The van der Waals surface area contributed by atoms with Gasteiger partial charge in [0.05, 0.1) is 0 Å². The van der Waals surface area contributed by atoms with E-state index >= 15 is 0 Å². The molecule has 146 valence electrons. The van der Waals surface area contributed by atoms with E-state index in [2.05, 4.69) is 111 Å². The Balaban J connectivity index is 1.49. The van der Waals surface area contributed by atoms with Gasteiger partial charge in [0.15, 0.2) is 0 Å². The fourth-order valence-electron chi connectivity index (χ4n) is 4.24. The van der Waals surface area contributed by atoms with Gasteiger partial charge in [0.25, 0.3) is 0 Å². The molecule has 0 bridgehead atoms. The first kappa shape index (κ1) is 18.2. The molecule has 0 saturated carbocycles. The molecule has 0 amide bonds. The average Bonchev–Trinajstić information content (AvgIpc) is 3.11. The van der Waals surface area contributed by atoms with Gasteiger partial charge in [0.1, 0.15) is 0 Å². The lowest BCUT2D eigenvalue weighted by atomic mass is 10.0. The quantitative estimate of drug-likeness (QED) is 0.220. The zero-order valence-electron chi connectivity index (χ0n) is 17.5. The van der Waals surface area contributed by atoms with E-state index in [1.54, 1.807) is 0 Å². The summed E-state index contributed by atoms with van der Waals surface area (Å²) in [4.78, 5) is 0. The van der Waals surface area contributed by atoms with Crippen molar-refractivity contribution >= 4 is 53.1 Å². The second-order valence-electron chi connectivity index (χ2n) is 8.33. The maximum absolute atomic E-state index is 3.33. The SMILES string of the molecule is Cc1ccc(C#Cc2ccc3cc4c(cc3c2)sc2cc3cc(C)ccc3cc24)cc1. The second kappa shape index (κ2) is 6.98. The van der Waals surface area contributed by atoms with Crippen molar-refractivity contribution < 1.29 is 0 Å². The molecule has 0 unspecified atom stereocenters. The summed E-state index contributed by atoms with van der Waals surface area (Å²) in [5.74, 6) is 6.61. The Morgan fingerprint density at radius 1 is 0.484 bits per heavy atom. The molecule has 5 aromatic carbocycles. The van der Waals surface area contributed by atoms with Gasteiger partial charge in [-0.15, -0.1) is 11.3 Å². The first-order chi connectivity index (χ1) is 15.1. The normalized spacial score (nSPS) is 11.3. The van der Waals surface area contributed by atoms with E-state index in [1.807, 2.05) is 11.3 Å². The van der Waals surface area contributed by atoms with E-state index in [1.165, 1.54) is 52.8 Å². The highest BCUT2D eigenvalue weighted by Crippen LogP contribution is 2.38. The average molecular weight is 413 g/mol. The first-order valence-corrected chi connectivity index (χ1v) is 11.3. The van der Waals surface area contributed by atoms with E-state index in [9.17, 15) is 0 Å². The van der Waals surface area contributed by atoms with Gasteiger partial charge in [-0.1, -0.05) is 59.4 Å². The van der Waals surface area contributed by atoms with E-state index in [0.717, 1.165) is 11.1 Å². The summed E-state index contributed by atoms with van der Waals surface area (Å²) in [5, 5.41) is 7.82. The fourth-order valence-corrected chi connectivity index (χ4v) is 5.41. The van der Waals surface area contributed by atoms with Crippen LogP contribution in [0.4, 0.5) is 0 Å². The standard InChI is InChI=1S/C30H20S/c1-19-3-6-21(7-4-19)8-9-22-10-12-24-16-28-27-15-23-11-5-20(2)13-25(23)17-29(27)31-30(28)18-26(24)14-22/h3-7,10-18H,1-2H3. The molecule has 0 nitrogen and oxygen atoms in total. The molecule has 0 atom stereocenters. The number of fused-ring (bicyclic) bond motifs is 5. The van der Waals surface area contributed by atoms with Crippen molar-refractivity contribution in [3.05, 3.63) is 107 Å². The highest BCUT2D eigenvalue weighted by Gasteiger charge is 2.09. The van der Waals surface area contributed by atoms with E-state index in [0.29, 0.717) is 0 Å². The van der Waals surface area contributed by atoms with Crippen molar-refractivity contribution in [3.63, 3.8) is 0 Å². The van der Waals surface area contributed by atoms with Crippen LogP contribution < -0.4 is 0 Å². The number of benzene rings is 5. The van der Waals surface area contributed by atoms with Crippen molar-refractivity contribution in [1.82, 2.24) is 0 Å². The molecule has 0 N–H and O–H groups in total. The smallest absolute Gasteiger partial charge is 0.0361 e. The summed E-state index contributed by atoms with van der Waals surface area (Å²) in [6.07, 6.45) is 0. The topological polar surface area (TPSA) is 0 Å². The molecule has 31 heavy (non-hydrogen) atoms. The van der Waals surface area contributed by atoms with Gasteiger partial charge in [-0.05, 0) is 83.9 Å². The number of rotatable bonds is 0. The van der Waals surface area contributed by atoms with Crippen molar-refractivity contribution in [2.24, 2.45) is 0 Å². The third-order valence-corrected chi connectivity index (χ3v) is 7.06. The van der Waals surface area contributed by atoms with Crippen LogP contribution in [-0.4, -0.2) is 0 Å². The van der Waals surface area contributed by atoms with E-state index in [-0.39, 0.29) is 0 Å². The predicted octanol–water partition coefficient (Wildman–Crippen LogP) is 8.38. The number of thiophene rings is 1. The summed E-state index contributed by atoms with van der Waals surface area (Å²) in [7, 11) is 0. The molecule has 1 heterocycles. The van der Waals surface area contributed by atoms with Gasteiger partial charge in [-0.3, -0.25) is 0 Å². The Labute approximate surface area is 185 Å². The van der Waals surface area contributed by atoms with Gasteiger partial charge in [0, 0.05) is 31.3 Å². The largest absolute Gasteiger partial charge is 0.135 e. The molecule has 0 radical (unpaired) electrons. The van der Waals surface area contributed by atoms with Crippen LogP contribution in [0.25, 0.3) is 41.7 Å². The molecule has 6 aromatic rings. The Morgan fingerprint density at radius 3 is 1.74 bits per heavy atom. The monoisotopic (exact) mass is 412 g/mol. The minimum atomic E-state index is 1.05. The zero-order valence-corrected chi connectivity index (χ0v) is 18.3. The van der Waals surface area contributed by atoms with Crippen LogP contribution >= 0.6 is 11.3 Å². The number of hydrogen-bond donors (Lipinski definition) is 0. The Morgan fingerprint density at radius 2 is 1.03 bits per heavy atom. The summed E-state index contributed by atoms with van der Waals surface area (Å²) in [6, 6.07) is 30.9. The van der Waals surface area contributed by atoms with Gasteiger partial charge in [0.2, 0.25) is 0 Å². The molecule has 6 rings (SSSR count). The van der Waals surface area contributed by atoms with Crippen molar-refractivity contribution in [1.29, 1.82) is 0 Å². The van der Waals surface area contributed by atoms with Crippen molar-refractivity contribution in [2.45, 2.75) is 13.8 Å². The minimum absolute atomic E-state index is 1.05. The van der Waals surface area contributed by atoms with Crippen LogP contribution in [0.3, 0.4) is 0 Å². The van der Waals surface area contributed by atoms with Crippen LogP contribution in [-0.2, 0) is 0 Å². The van der Waals surface area contributed by atoms with Gasteiger partial charge in [-0.25, -0.2) is 0 Å². The summed E-state index contributed by atoms with van der Waals surface area (Å²) in [5.41, 5.74) is 4.66. The van der Waals surface area contributed by atoms with E-state index in [4.69, 9.17) is 0 Å². The highest BCUT2D eigenvalue weighted by molar-refractivity contribution is 7.26. The summed E-state index contributed by atoms with van der Waals surface area (Å²) < 4.78 is 2.68. The molecule has 1 aromatic heterocycles. The lowest BCUT2D eigenvalue weighted by molar-refractivity contribution is 1.46. The van der Waals surface area contributed by atoms with Crippen LogP contribution in [0.5, 0.6) is 0 Å². The fraction of sp³-hybridized carbons (Fsp3) is 0.0667. The predicted molar refractivity (Wildman–Crippen MR) is 136 cm³/mol. The molecule has 0 aliphatic carbocycles. The molecule has 0 fully saturated rings. The molecule has 0 saturated heterocycles. The van der Waals surface area contributed by atoms with Gasteiger partial charge in [-0.2, -0.15) is 0 Å². The van der Waals surface area contributed by atoms with Crippen LogP contribution in [0.15, 0.2) is 84.9 Å². The van der Waals surface area contributed by atoms with Crippen LogP contribution in [0, 0.1) is 25.7 Å². The Hall–Kier alpha value is -3.60. The number of aryl methyl sites for hydroxylation is 2. The van der Waals surface area contributed by atoms with E-state index < -0.39 is 0 Å². The van der Waals surface area contributed by atoms with Gasteiger partial charge < -0.3 is 0 Å². The molecular formula is C30H20S. The van der Waals surface area contributed by atoms with Crippen molar-refractivity contribution in [2.75, 3.05) is 0 Å². The molecule has 0 spiro atoms. The molecular weight excluding hydrogens is 392 g/mol. The molecule has 1 heteroatoms. The van der Waals surface area contributed by atoms with Crippen molar-refractivity contribution in [3.8, 4) is 11.8 Å². The molecule has 0 aliphatic heterocycles. The molecule has 0 aliphatic rings. The minimum Gasteiger partial charge on any atom is -0.135 e. The first-order valence-electron chi connectivity index (χ1n) is 10.5. The maximum Gasteiger partial charge on any atom is 0.0361 e. The Kier molecular flexibility index (Phi) is 4.10. The van der Waals surface area contributed by atoms with Crippen LogP contribution in [0.2, 0.25) is 0 Å². The third-order valence-electron chi connectivity index (χ3n) is 5.95. The van der Waals surface area contributed by atoms with Gasteiger partial charge >= 0.3 is 0 Å². The highest BCUT2D eigenvalue weighted by atomic mass is 32.1. The lowest BCUT2D eigenvalue weighted by Gasteiger charge is -2.02. The summed E-state index contributed by atoms with van der Waals surface area (Å²) >= 11 is 1.88. The number of hydrogen-bond acceptors (Lipinski definition) is 1. The lowest BCUT2D eigenvalue weighted by Crippen LogP contribution is -1.79. The zero-order chi connectivity index (χ0) is 20.9. The maximum atomic E-state index is 3.33. The third kappa shape index (κ3) is 3.26. The van der Waals surface area contributed by atoms with Crippen LogP contribution in [0.1, 0.15) is 22.3 Å². The second-order valence-corrected chi connectivity index (χ2v) is 9.41.